The number of thiophene rings is 1. The molecule has 1 atom stereocenters. The summed E-state index contributed by atoms with van der Waals surface area (Å²) in [7, 11) is 0. The number of aryl methyl sites for hydroxylation is 1. The molecule has 0 spiro atoms. The summed E-state index contributed by atoms with van der Waals surface area (Å²) in [6.07, 6.45) is 1.06. The molecule has 3 rings (SSSR count). The molecule has 1 unspecified atom stereocenters. The van der Waals surface area contributed by atoms with Crippen molar-refractivity contribution in [2.24, 2.45) is 5.84 Å². The van der Waals surface area contributed by atoms with Gasteiger partial charge in [-0.25, -0.2) is 5.43 Å². The number of hydrogen-bond donors (Lipinski definition) is 2. The Morgan fingerprint density at radius 1 is 1.10 bits per heavy atom. The molecule has 0 saturated carbocycles. The van der Waals surface area contributed by atoms with Crippen molar-refractivity contribution in [3.05, 3.63) is 70.6 Å². The minimum Gasteiger partial charge on any atom is -0.271 e. The molecule has 1 heterocycles. The van der Waals surface area contributed by atoms with Gasteiger partial charge in [-0.2, -0.15) is 0 Å². The largest absolute Gasteiger partial charge is 0.271 e. The second-order valence-corrected chi connectivity index (χ2v) is 6.00. The van der Waals surface area contributed by atoms with Gasteiger partial charge in [0.2, 0.25) is 0 Å². The van der Waals surface area contributed by atoms with Gasteiger partial charge in [0.05, 0.1) is 6.04 Å². The minimum atomic E-state index is 0.0540. The maximum absolute atomic E-state index is 5.79. The lowest BCUT2D eigenvalue weighted by atomic mass is 10.0. The van der Waals surface area contributed by atoms with Crippen LogP contribution in [0.5, 0.6) is 0 Å². The lowest BCUT2D eigenvalue weighted by Gasteiger charge is -2.15. The first-order valence-corrected chi connectivity index (χ1v) is 7.67. The lowest BCUT2D eigenvalue weighted by molar-refractivity contribution is 0.646. The van der Waals surface area contributed by atoms with E-state index in [1.807, 2.05) is 0 Å². The van der Waals surface area contributed by atoms with Crippen molar-refractivity contribution < 1.29 is 0 Å². The van der Waals surface area contributed by atoms with Crippen LogP contribution in [0, 0.1) is 0 Å². The molecule has 0 amide bonds. The number of nitrogens with two attached hydrogens (primary N) is 1. The van der Waals surface area contributed by atoms with Crippen LogP contribution in [-0.2, 0) is 6.42 Å². The van der Waals surface area contributed by atoms with E-state index < -0.39 is 0 Å². The Hall–Kier alpha value is -1.68. The Balaban J connectivity index is 1.99. The molecular weight excluding hydrogens is 264 g/mol. The normalized spacial score (nSPS) is 12.7. The predicted octanol–water partition coefficient (Wildman–Crippen LogP) is 4.02. The molecule has 0 saturated heterocycles. The number of nitrogens with one attached hydrogen (secondary N) is 1. The molecule has 0 bridgehead atoms. The third kappa shape index (κ3) is 2.48. The number of rotatable bonds is 4. The quantitative estimate of drug-likeness (QED) is 0.560. The first-order valence-electron chi connectivity index (χ1n) is 6.85. The van der Waals surface area contributed by atoms with Crippen LogP contribution >= 0.6 is 11.3 Å². The van der Waals surface area contributed by atoms with Gasteiger partial charge in [-0.15, -0.1) is 11.3 Å². The first kappa shape index (κ1) is 13.3. The molecule has 20 heavy (non-hydrogen) atoms. The van der Waals surface area contributed by atoms with Crippen molar-refractivity contribution in [3.63, 3.8) is 0 Å². The van der Waals surface area contributed by atoms with E-state index in [-0.39, 0.29) is 6.04 Å². The predicted molar refractivity (Wildman–Crippen MR) is 86.8 cm³/mol. The molecule has 1 aromatic heterocycles. The zero-order chi connectivity index (χ0) is 13.9. The number of benzene rings is 2. The zero-order valence-corrected chi connectivity index (χ0v) is 12.3. The van der Waals surface area contributed by atoms with E-state index in [9.17, 15) is 0 Å². The zero-order valence-electron chi connectivity index (χ0n) is 11.5. The van der Waals surface area contributed by atoms with Gasteiger partial charge in [0.1, 0.15) is 0 Å². The molecule has 3 heteroatoms. The summed E-state index contributed by atoms with van der Waals surface area (Å²) in [6, 6.07) is 19.4. The molecule has 0 fully saturated rings. The van der Waals surface area contributed by atoms with Gasteiger partial charge < -0.3 is 0 Å². The summed E-state index contributed by atoms with van der Waals surface area (Å²) < 4.78 is 1.30. The van der Waals surface area contributed by atoms with Crippen molar-refractivity contribution in [2.75, 3.05) is 0 Å². The van der Waals surface area contributed by atoms with Gasteiger partial charge in [-0.05, 0) is 35.1 Å². The lowest BCUT2D eigenvalue weighted by Crippen LogP contribution is -2.28. The monoisotopic (exact) mass is 282 g/mol. The van der Waals surface area contributed by atoms with Crippen molar-refractivity contribution in [3.8, 4) is 0 Å². The third-order valence-corrected chi connectivity index (χ3v) is 4.80. The van der Waals surface area contributed by atoms with Crippen molar-refractivity contribution in [1.82, 2.24) is 5.43 Å². The first-order chi connectivity index (χ1) is 9.81. The number of fused-ring (bicyclic) bond motifs is 1. The molecular formula is C17H18N2S. The summed E-state index contributed by atoms with van der Waals surface area (Å²) in [4.78, 5) is 1.25. The van der Waals surface area contributed by atoms with Gasteiger partial charge in [-0.3, -0.25) is 5.84 Å². The van der Waals surface area contributed by atoms with Crippen molar-refractivity contribution in [2.45, 2.75) is 19.4 Å². The molecule has 0 aliphatic carbocycles. The van der Waals surface area contributed by atoms with E-state index in [4.69, 9.17) is 5.84 Å². The summed E-state index contributed by atoms with van der Waals surface area (Å²) in [5, 5.41) is 1.28. The Bertz CT molecular complexity index is 667. The Kier molecular flexibility index (Phi) is 3.83. The van der Waals surface area contributed by atoms with Crippen LogP contribution < -0.4 is 11.3 Å². The summed E-state index contributed by atoms with van der Waals surface area (Å²) in [6.45, 7) is 2.17. The SMILES string of the molecule is CCc1ccc(C(NN)c2cc3ccccc3s2)cc1. The summed E-state index contributed by atoms with van der Waals surface area (Å²) in [5.41, 5.74) is 5.50. The highest BCUT2D eigenvalue weighted by Crippen LogP contribution is 2.32. The van der Waals surface area contributed by atoms with E-state index in [1.165, 1.54) is 26.1 Å². The van der Waals surface area contributed by atoms with Gasteiger partial charge >= 0.3 is 0 Å². The Morgan fingerprint density at radius 3 is 2.50 bits per heavy atom. The van der Waals surface area contributed by atoms with E-state index in [2.05, 4.69) is 66.9 Å². The van der Waals surface area contributed by atoms with Crippen molar-refractivity contribution >= 4 is 21.4 Å². The Labute approximate surface area is 123 Å². The molecule has 3 aromatic rings. The molecule has 2 nitrogen and oxygen atoms in total. The van der Waals surface area contributed by atoms with Crippen LogP contribution in [0.15, 0.2) is 54.6 Å². The second-order valence-electron chi connectivity index (χ2n) is 4.88. The number of hydrazine groups is 1. The fraction of sp³-hybridized carbons (Fsp3) is 0.176. The van der Waals surface area contributed by atoms with E-state index in [0.29, 0.717) is 0 Å². The smallest absolute Gasteiger partial charge is 0.0802 e. The van der Waals surface area contributed by atoms with Gasteiger partial charge in [-0.1, -0.05) is 49.4 Å². The molecule has 102 valence electrons. The van der Waals surface area contributed by atoms with E-state index >= 15 is 0 Å². The maximum atomic E-state index is 5.79. The average Bonchev–Trinajstić information content (AvgIpc) is 2.92. The highest BCUT2D eigenvalue weighted by atomic mass is 32.1. The summed E-state index contributed by atoms with van der Waals surface area (Å²) >= 11 is 1.79. The standard InChI is InChI=1S/C17H18N2S/c1-2-12-7-9-13(10-8-12)17(19-18)16-11-14-5-3-4-6-15(14)20-16/h3-11,17,19H,2,18H2,1H3. The topological polar surface area (TPSA) is 38.0 Å². The second kappa shape index (κ2) is 5.75. The molecule has 0 aliphatic rings. The molecule has 0 aliphatic heterocycles. The average molecular weight is 282 g/mol. The van der Waals surface area contributed by atoms with Gasteiger partial charge in [0, 0.05) is 9.58 Å². The Morgan fingerprint density at radius 2 is 1.85 bits per heavy atom. The van der Waals surface area contributed by atoms with Crippen LogP contribution in [-0.4, -0.2) is 0 Å². The van der Waals surface area contributed by atoms with Crippen LogP contribution in [0.4, 0.5) is 0 Å². The minimum absolute atomic E-state index is 0.0540. The maximum Gasteiger partial charge on any atom is 0.0802 e. The fourth-order valence-electron chi connectivity index (χ4n) is 2.43. The summed E-state index contributed by atoms with van der Waals surface area (Å²) in [5.74, 6) is 5.79. The van der Waals surface area contributed by atoms with Crippen LogP contribution in [0.1, 0.15) is 29.0 Å². The van der Waals surface area contributed by atoms with Gasteiger partial charge in [0.25, 0.3) is 0 Å². The fourth-order valence-corrected chi connectivity index (χ4v) is 3.59. The highest BCUT2D eigenvalue weighted by Gasteiger charge is 2.15. The van der Waals surface area contributed by atoms with E-state index in [0.717, 1.165) is 6.42 Å². The van der Waals surface area contributed by atoms with Crippen molar-refractivity contribution in [1.29, 1.82) is 0 Å². The molecule has 3 N–H and O–H groups in total. The van der Waals surface area contributed by atoms with E-state index in [1.54, 1.807) is 11.3 Å². The highest BCUT2D eigenvalue weighted by molar-refractivity contribution is 7.19. The van der Waals surface area contributed by atoms with Crippen LogP contribution in [0.2, 0.25) is 0 Å². The van der Waals surface area contributed by atoms with Crippen LogP contribution in [0.3, 0.4) is 0 Å². The van der Waals surface area contributed by atoms with Crippen LogP contribution in [0.25, 0.3) is 10.1 Å². The number of hydrogen-bond acceptors (Lipinski definition) is 3. The molecule has 0 radical (unpaired) electrons. The van der Waals surface area contributed by atoms with Gasteiger partial charge in [0.15, 0.2) is 0 Å². The third-order valence-electron chi connectivity index (χ3n) is 3.62. The molecule has 2 aromatic carbocycles.